The average molecular weight is 662 g/mol. The number of hydrogen-bond donors (Lipinski definition) is 3. The lowest BCUT2D eigenvalue weighted by molar-refractivity contribution is 0.102. The van der Waals surface area contributed by atoms with E-state index in [9.17, 15) is 13.2 Å². The summed E-state index contributed by atoms with van der Waals surface area (Å²) in [6, 6.07) is 12.9. The van der Waals surface area contributed by atoms with Gasteiger partial charge in [-0.1, -0.05) is 26.8 Å². The fraction of sp³-hybridized carbons (Fsp3) is 0.412. The summed E-state index contributed by atoms with van der Waals surface area (Å²) in [6.07, 6.45) is 3.58. The van der Waals surface area contributed by atoms with Crippen molar-refractivity contribution in [2.24, 2.45) is 0 Å². The predicted octanol–water partition coefficient (Wildman–Crippen LogP) is 5.44. The summed E-state index contributed by atoms with van der Waals surface area (Å²) in [4.78, 5) is 30.0. The quantitative estimate of drug-likeness (QED) is 0.190. The van der Waals surface area contributed by atoms with Crippen LogP contribution in [0.4, 0.5) is 22.9 Å². The molecule has 0 aliphatic carbocycles. The van der Waals surface area contributed by atoms with Crippen LogP contribution < -0.4 is 20.1 Å². The molecule has 1 fully saturated rings. The third-order valence-corrected chi connectivity index (χ3v) is 8.85. The molecule has 0 bridgehead atoms. The van der Waals surface area contributed by atoms with Crippen molar-refractivity contribution in [2.75, 3.05) is 62.1 Å². The zero-order valence-electron chi connectivity index (χ0n) is 28.0. The predicted molar refractivity (Wildman–Crippen MR) is 186 cm³/mol. The summed E-state index contributed by atoms with van der Waals surface area (Å²) in [5, 5.41) is 6.33. The smallest absolute Gasteiger partial charge is 0.255 e. The summed E-state index contributed by atoms with van der Waals surface area (Å²) < 4.78 is 37.6. The molecule has 0 radical (unpaired) electrons. The van der Waals surface area contributed by atoms with Gasteiger partial charge in [0.1, 0.15) is 11.8 Å². The van der Waals surface area contributed by atoms with Crippen molar-refractivity contribution in [3.05, 3.63) is 71.2 Å². The van der Waals surface area contributed by atoms with Gasteiger partial charge in [-0.05, 0) is 72.8 Å². The summed E-state index contributed by atoms with van der Waals surface area (Å²) in [7, 11) is -0.464. The second-order valence-electron chi connectivity index (χ2n) is 12.9. The molecule has 250 valence electrons. The Balaban J connectivity index is 1.43. The van der Waals surface area contributed by atoms with E-state index in [0.717, 1.165) is 54.6 Å². The number of hydrogen-bond acceptors (Lipinski definition) is 10. The number of benzene rings is 2. The Hall–Kier alpha value is -4.33. The Morgan fingerprint density at radius 2 is 1.81 bits per heavy atom. The van der Waals surface area contributed by atoms with Crippen LogP contribution in [0.1, 0.15) is 60.3 Å². The maximum absolute atomic E-state index is 13.7. The topological polar surface area (TPSA) is 148 Å². The molecular weight excluding hydrogens is 618 g/mol. The molecule has 1 aliphatic heterocycles. The number of methoxy groups -OCH3 is 2. The number of sulfonamides is 1. The van der Waals surface area contributed by atoms with Crippen molar-refractivity contribution in [3.63, 3.8) is 0 Å². The molecule has 1 atom stereocenters. The van der Waals surface area contributed by atoms with Crippen LogP contribution in [-0.4, -0.2) is 80.9 Å². The second-order valence-corrected chi connectivity index (χ2v) is 14.7. The van der Waals surface area contributed by atoms with Crippen molar-refractivity contribution >= 4 is 49.8 Å². The van der Waals surface area contributed by atoms with Crippen LogP contribution >= 0.6 is 0 Å². The fourth-order valence-electron chi connectivity index (χ4n) is 5.64. The zero-order valence-corrected chi connectivity index (χ0v) is 28.8. The van der Waals surface area contributed by atoms with Gasteiger partial charge in [0, 0.05) is 43.1 Å². The molecule has 3 N–H and O–H groups in total. The summed E-state index contributed by atoms with van der Waals surface area (Å²) in [5.74, 6) is 0.665. The number of carbonyl (C=O) groups is 1. The molecule has 0 spiro atoms. The number of amides is 1. The van der Waals surface area contributed by atoms with E-state index >= 15 is 0 Å². The van der Waals surface area contributed by atoms with Gasteiger partial charge in [-0.15, -0.1) is 0 Å². The van der Waals surface area contributed by atoms with Gasteiger partial charge >= 0.3 is 0 Å². The Labute approximate surface area is 276 Å². The van der Waals surface area contributed by atoms with Gasteiger partial charge < -0.3 is 25.0 Å². The SMILES string of the molecule is COCCN1CCC(c2ccc3ncnc(Nc4cc(C(=O)Nc5cc(C(C)(C)C)cc(NS(C)(=O)=O)c5OC)ccc4C)c3n2)C1. The van der Waals surface area contributed by atoms with Crippen LogP contribution in [0.5, 0.6) is 5.75 Å². The largest absolute Gasteiger partial charge is 0.492 e. The van der Waals surface area contributed by atoms with E-state index < -0.39 is 15.9 Å². The molecule has 2 aromatic carbocycles. The summed E-state index contributed by atoms with van der Waals surface area (Å²) >= 11 is 0. The highest BCUT2D eigenvalue weighted by molar-refractivity contribution is 7.92. The van der Waals surface area contributed by atoms with Crippen LogP contribution in [0.15, 0.2) is 48.8 Å². The Kier molecular flexibility index (Phi) is 9.99. The molecule has 1 saturated heterocycles. The molecule has 1 unspecified atom stereocenters. The molecule has 4 aromatic rings. The number of likely N-dealkylation sites (tertiary alicyclic amines) is 1. The number of aryl methyl sites for hydroxylation is 1. The molecule has 1 amide bonds. The number of fused-ring (bicyclic) bond motifs is 1. The van der Waals surface area contributed by atoms with Gasteiger partial charge in [-0.25, -0.2) is 23.4 Å². The first-order chi connectivity index (χ1) is 22.3. The number of nitrogens with one attached hydrogen (secondary N) is 3. The van der Waals surface area contributed by atoms with Crippen molar-refractivity contribution in [1.29, 1.82) is 0 Å². The summed E-state index contributed by atoms with van der Waals surface area (Å²) in [5.41, 5.74) is 5.41. The highest BCUT2D eigenvalue weighted by Crippen LogP contribution is 2.39. The van der Waals surface area contributed by atoms with Crippen LogP contribution in [0.3, 0.4) is 0 Å². The molecule has 3 heterocycles. The van der Waals surface area contributed by atoms with Gasteiger partial charge in [-0.2, -0.15) is 0 Å². The minimum atomic E-state index is -3.61. The third-order valence-electron chi connectivity index (χ3n) is 8.26. The van der Waals surface area contributed by atoms with E-state index in [0.29, 0.717) is 40.8 Å². The van der Waals surface area contributed by atoms with Crippen molar-refractivity contribution in [1.82, 2.24) is 19.9 Å². The maximum Gasteiger partial charge on any atom is 0.255 e. The molecule has 2 aromatic heterocycles. The first-order valence-electron chi connectivity index (χ1n) is 15.5. The van der Waals surface area contributed by atoms with Crippen molar-refractivity contribution in [3.8, 4) is 5.75 Å². The Morgan fingerprint density at radius 3 is 2.51 bits per heavy atom. The first-order valence-corrected chi connectivity index (χ1v) is 17.4. The molecule has 1 aliphatic rings. The average Bonchev–Trinajstić information content (AvgIpc) is 3.48. The number of ether oxygens (including phenoxy) is 2. The molecule has 47 heavy (non-hydrogen) atoms. The minimum absolute atomic E-state index is 0.209. The van der Waals surface area contributed by atoms with E-state index in [1.54, 1.807) is 31.4 Å². The number of pyridine rings is 1. The van der Waals surface area contributed by atoms with Crippen molar-refractivity contribution in [2.45, 2.75) is 45.4 Å². The van der Waals surface area contributed by atoms with Gasteiger partial charge in [0.15, 0.2) is 11.6 Å². The third kappa shape index (κ3) is 8.16. The van der Waals surface area contributed by atoms with Crippen molar-refractivity contribution < 1.29 is 22.7 Å². The lowest BCUT2D eigenvalue weighted by Gasteiger charge is -2.24. The van der Waals surface area contributed by atoms with Gasteiger partial charge in [0.25, 0.3) is 5.91 Å². The minimum Gasteiger partial charge on any atom is -0.492 e. The van der Waals surface area contributed by atoms with Crippen LogP contribution in [0.25, 0.3) is 11.0 Å². The number of nitrogens with zero attached hydrogens (tertiary/aromatic N) is 4. The number of carbonyl (C=O) groups excluding carboxylic acids is 1. The van der Waals surface area contributed by atoms with E-state index in [-0.39, 0.29) is 16.9 Å². The van der Waals surface area contributed by atoms with Crippen LogP contribution in [-0.2, 0) is 20.2 Å². The fourth-order valence-corrected chi connectivity index (χ4v) is 6.19. The van der Waals surface area contributed by atoms with E-state index in [2.05, 4.69) is 30.2 Å². The lowest BCUT2D eigenvalue weighted by Crippen LogP contribution is -2.24. The van der Waals surface area contributed by atoms with E-state index in [4.69, 9.17) is 14.5 Å². The molecule has 12 nitrogen and oxygen atoms in total. The monoisotopic (exact) mass is 661 g/mol. The van der Waals surface area contributed by atoms with Crippen LogP contribution in [0.2, 0.25) is 0 Å². The number of anilines is 4. The second kappa shape index (κ2) is 13.8. The molecular formula is C34H43N7O5S. The summed E-state index contributed by atoms with van der Waals surface area (Å²) in [6.45, 7) is 11.5. The number of rotatable bonds is 11. The van der Waals surface area contributed by atoms with E-state index in [1.165, 1.54) is 13.4 Å². The highest BCUT2D eigenvalue weighted by atomic mass is 32.2. The van der Waals surface area contributed by atoms with Gasteiger partial charge in [0.2, 0.25) is 10.0 Å². The normalized spacial score (nSPS) is 15.5. The first kappa shape index (κ1) is 34.0. The number of aromatic nitrogens is 3. The van der Waals surface area contributed by atoms with Gasteiger partial charge in [-0.3, -0.25) is 9.52 Å². The molecule has 13 heteroatoms. The van der Waals surface area contributed by atoms with Crippen LogP contribution in [0, 0.1) is 6.92 Å². The lowest BCUT2D eigenvalue weighted by atomic mass is 9.86. The Bertz CT molecular complexity index is 1890. The molecule has 0 saturated carbocycles. The standard InChI is InChI=1S/C34H43N7O5S/c1-21-8-9-22(33(42)39-28-17-24(34(2,3)4)18-29(31(28)46-6)40-47(7,43)44)16-27(21)38-32-30-26(35-20-36-32)11-10-25(37-30)23-12-13-41(19-23)14-15-45-5/h8-11,16-18,20,23,40H,12-15,19H2,1-7H3,(H,39,42)(H,35,36,38). The van der Waals surface area contributed by atoms with Gasteiger partial charge in [0.05, 0.1) is 36.9 Å². The molecule has 5 rings (SSSR count). The Morgan fingerprint density at radius 1 is 1.04 bits per heavy atom. The van der Waals surface area contributed by atoms with E-state index in [1.807, 2.05) is 45.9 Å². The maximum atomic E-state index is 13.7. The highest BCUT2D eigenvalue weighted by Gasteiger charge is 2.26. The zero-order chi connectivity index (χ0) is 33.9.